The summed E-state index contributed by atoms with van der Waals surface area (Å²) in [5.74, 6) is -0.550. The van der Waals surface area contributed by atoms with E-state index >= 15 is 0 Å². The second kappa shape index (κ2) is 12.3. The van der Waals surface area contributed by atoms with Crippen LogP contribution in [0.25, 0.3) is 0 Å². The Labute approximate surface area is 209 Å². The number of nitrogens with one attached hydrogen (secondary N) is 2. The maximum atomic E-state index is 14.1. The van der Waals surface area contributed by atoms with Crippen LogP contribution in [0.1, 0.15) is 85.8 Å². The third-order valence-corrected chi connectivity index (χ3v) is 6.37. The highest BCUT2D eigenvalue weighted by atomic mass is 16.6. The number of benzene rings is 1. The Morgan fingerprint density at radius 2 is 1.89 bits per heavy atom. The molecule has 0 aliphatic heterocycles. The summed E-state index contributed by atoms with van der Waals surface area (Å²) in [6.45, 7) is 13.7. The van der Waals surface area contributed by atoms with Crippen LogP contribution >= 0.6 is 0 Å². The van der Waals surface area contributed by atoms with E-state index in [2.05, 4.69) is 10.6 Å². The number of phenols is 1. The van der Waals surface area contributed by atoms with Gasteiger partial charge in [0, 0.05) is 12.6 Å². The molecule has 5 unspecified atom stereocenters. The lowest BCUT2D eigenvalue weighted by molar-refractivity contribution is -0.144. The fourth-order valence-corrected chi connectivity index (χ4v) is 4.07. The third-order valence-electron chi connectivity index (χ3n) is 6.37. The minimum absolute atomic E-state index is 0.0236. The fourth-order valence-electron chi connectivity index (χ4n) is 4.07. The van der Waals surface area contributed by atoms with E-state index in [1.807, 2.05) is 27.7 Å². The van der Waals surface area contributed by atoms with Crippen molar-refractivity contribution in [1.29, 1.82) is 0 Å². The molecule has 0 heterocycles. The van der Waals surface area contributed by atoms with Crippen LogP contribution in [0, 0.1) is 11.8 Å². The summed E-state index contributed by atoms with van der Waals surface area (Å²) in [7, 11) is 0. The molecule has 5 atom stereocenters. The molecule has 0 spiro atoms. The maximum Gasteiger partial charge on any atom is 0.408 e. The number of hydrogen-bond acceptors (Lipinski definition) is 5. The van der Waals surface area contributed by atoms with Crippen molar-refractivity contribution in [3.8, 4) is 5.75 Å². The lowest BCUT2D eigenvalue weighted by Gasteiger charge is -2.36. The quantitative estimate of drug-likeness (QED) is 0.396. The molecule has 3 N–H and O–H groups in total. The Balaban J connectivity index is 2.47. The van der Waals surface area contributed by atoms with Gasteiger partial charge in [0.15, 0.2) is 0 Å². The van der Waals surface area contributed by atoms with Crippen LogP contribution < -0.4 is 10.6 Å². The first kappa shape index (κ1) is 28.5. The van der Waals surface area contributed by atoms with Crippen molar-refractivity contribution >= 4 is 17.9 Å². The van der Waals surface area contributed by atoms with Gasteiger partial charge in [0.05, 0.1) is 0 Å². The Hall–Kier alpha value is -2.77. The molecule has 1 fully saturated rings. The van der Waals surface area contributed by atoms with Gasteiger partial charge in [-0.15, -0.1) is 0 Å². The summed E-state index contributed by atoms with van der Waals surface area (Å²) in [5, 5.41) is 15.9. The fraction of sp³-hybridized carbons (Fsp3) is 0.667. The van der Waals surface area contributed by atoms with Crippen molar-refractivity contribution in [2.75, 3.05) is 6.54 Å². The zero-order valence-electron chi connectivity index (χ0n) is 22.3. The van der Waals surface area contributed by atoms with Crippen molar-refractivity contribution in [2.45, 2.75) is 97.9 Å². The van der Waals surface area contributed by atoms with E-state index in [1.54, 1.807) is 37.8 Å². The molecule has 0 aromatic heterocycles. The smallest absolute Gasteiger partial charge is 0.408 e. The first-order chi connectivity index (χ1) is 16.4. The van der Waals surface area contributed by atoms with Crippen LogP contribution in [-0.4, -0.2) is 52.1 Å². The summed E-state index contributed by atoms with van der Waals surface area (Å²) in [6.07, 6.45) is 2.50. The minimum atomic E-state index is -0.923. The first-order valence-corrected chi connectivity index (χ1v) is 12.8. The molecular formula is C27H43N3O5. The number of amides is 3. The van der Waals surface area contributed by atoms with Gasteiger partial charge in [0.25, 0.3) is 0 Å². The van der Waals surface area contributed by atoms with E-state index in [-0.39, 0.29) is 35.4 Å². The molecule has 0 bridgehead atoms. The van der Waals surface area contributed by atoms with Gasteiger partial charge in [-0.2, -0.15) is 0 Å². The zero-order chi connectivity index (χ0) is 26.3. The standard InChI is InChI=1S/C27H43N3O5/c1-8-10-14-28-24(32)23(19-12-11-13-20(31)16-19)30(21-15-18(21)4)25(33)22(17(3)9-2)29-26(34)35-27(5,6)7/h11-13,16-18,21-23,31H,8-10,14-15H2,1-7H3,(H,28,32)(H,29,34). The highest BCUT2D eigenvalue weighted by molar-refractivity contribution is 5.92. The average molecular weight is 490 g/mol. The Kier molecular flexibility index (Phi) is 9.98. The van der Waals surface area contributed by atoms with Crippen molar-refractivity contribution < 1.29 is 24.2 Å². The van der Waals surface area contributed by atoms with Gasteiger partial charge >= 0.3 is 6.09 Å². The molecule has 0 saturated heterocycles. The molecule has 1 saturated carbocycles. The van der Waals surface area contributed by atoms with Gasteiger partial charge in [-0.3, -0.25) is 9.59 Å². The van der Waals surface area contributed by atoms with Crippen LogP contribution in [0.15, 0.2) is 24.3 Å². The lowest BCUT2D eigenvalue weighted by atomic mass is 9.95. The molecule has 1 aliphatic rings. The van der Waals surface area contributed by atoms with Gasteiger partial charge in [0.2, 0.25) is 11.8 Å². The molecule has 35 heavy (non-hydrogen) atoms. The van der Waals surface area contributed by atoms with E-state index in [4.69, 9.17) is 4.74 Å². The summed E-state index contributed by atoms with van der Waals surface area (Å²) >= 11 is 0. The number of ether oxygens (including phenoxy) is 1. The van der Waals surface area contributed by atoms with Gasteiger partial charge in [-0.1, -0.05) is 52.7 Å². The van der Waals surface area contributed by atoms with Gasteiger partial charge in [-0.25, -0.2) is 4.79 Å². The molecular weight excluding hydrogens is 446 g/mol. The predicted octanol–water partition coefficient (Wildman–Crippen LogP) is 4.53. The number of carbonyl (C=O) groups excluding carboxylic acids is 3. The van der Waals surface area contributed by atoms with E-state index in [0.717, 1.165) is 19.3 Å². The van der Waals surface area contributed by atoms with E-state index in [9.17, 15) is 19.5 Å². The van der Waals surface area contributed by atoms with Crippen molar-refractivity contribution in [3.63, 3.8) is 0 Å². The van der Waals surface area contributed by atoms with Crippen LogP contribution in [0.4, 0.5) is 4.79 Å². The number of rotatable bonds is 11. The summed E-state index contributed by atoms with van der Waals surface area (Å²) in [4.78, 5) is 41.9. The van der Waals surface area contributed by atoms with Crippen LogP contribution in [0.3, 0.4) is 0 Å². The normalized spacial score (nSPS) is 19.7. The van der Waals surface area contributed by atoms with Gasteiger partial charge in [0.1, 0.15) is 23.4 Å². The Bertz CT molecular complexity index is 882. The Morgan fingerprint density at radius 1 is 1.23 bits per heavy atom. The second-order valence-corrected chi connectivity index (χ2v) is 10.7. The first-order valence-electron chi connectivity index (χ1n) is 12.8. The third kappa shape index (κ3) is 8.15. The van der Waals surface area contributed by atoms with E-state index in [1.165, 1.54) is 12.1 Å². The largest absolute Gasteiger partial charge is 0.508 e. The topological polar surface area (TPSA) is 108 Å². The number of alkyl carbamates (subject to hydrolysis) is 1. The molecule has 2 rings (SSSR count). The average Bonchev–Trinajstić information content (AvgIpc) is 3.49. The summed E-state index contributed by atoms with van der Waals surface area (Å²) < 4.78 is 5.43. The number of nitrogens with zero attached hydrogens (tertiary/aromatic N) is 1. The molecule has 3 amide bonds. The monoisotopic (exact) mass is 489 g/mol. The molecule has 8 heteroatoms. The molecule has 8 nitrogen and oxygen atoms in total. The number of hydrogen-bond donors (Lipinski definition) is 3. The summed E-state index contributed by atoms with van der Waals surface area (Å²) in [6, 6.07) is 4.56. The summed E-state index contributed by atoms with van der Waals surface area (Å²) in [5.41, 5.74) is -0.173. The second-order valence-electron chi connectivity index (χ2n) is 10.7. The van der Waals surface area contributed by atoms with Gasteiger partial charge in [-0.05, 0) is 63.1 Å². The van der Waals surface area contributed by atoms with Crippen molar-refractivity contribution in [2.24, 2.45) is 11.8 Å². The molecule has 1 aliphatic carbocycles. The molecule has 196 valence electrons. The molecule has 1 aromatic rings. The van der Waals surface area contributed by atoms with Crippen LogP contribution in [0.5, 0.6) is 5.75 Å². The maximum absolute atomic E-state index is 14.1. The number of phenolic OH excluding ortho intramolecular Hbond substituents is 1. The SMILES string of the molecule is CCCCNC(=O)C(c1cccc(O)c1)N(C(=O)C(NC(=O)OC(C)(C)C)C(C)CC)C1CC1C. The highest BCUT2D eigenvalue weighted by Crippen LogP contribution is 2.41. The van der Waals surface area contributed by atoms with E-state index < -0.39 is 23.8 Å². The predicted molar refractivity (Wildman–Crippen MR) is 136 cm³/mol. The minimum Gasteiger partial charge on any atom is -0.508 e. The molecule has 0 radical (unpaired) electrons. The van der Waals surface area contributed by atoms with Crippen LogP contribution in [0.2, 0.25) is 0 Å². The Morgan fingerprint density at radius 3 is 2.40 bits per heavy atom. The number of aromatic hydroxyl groups is 1. The van der Waals surface area contributed by atoms with Crippen molar-refractivity contribution in [1.82, 2.24) is 15.5 Å². The number of unbranched alkanes of at least 4 members (excludes halogenated alkanes) is 1. The van der Waals surface area contributed by atoms with E-state index in [0.29, 0.717) is 18.5 Å². The lowest BCUT2D eigenvalue weighted by Crippen LogP contribution is -2.56. The molecule has 1 aromatic carbocycles. The van der Waals surface area contributed by atoms with Crippen LogP contribution in [-0.2, 0) is 14.3 Å². The highest BCUT2D eigenvalue weighted by Gasteiger charge is 2.48. The number of carbonyl (C=O) groups is 3. The van der Waals surface area contributed by atoms with Crippen molar-refractivity contribution in [3.05, 3.63) is 29.8 Å². The zero-order valence-corrected chi connectivity index (χ0v) is 22.3. The van der Waals surface area contributed by atoms with Gasteiger partial charge < -0.3 is 25.4 Å².